The van der Waals surface area contributed by atoms with Gasteiger partial charge in [0.05, 0.1) is 11.2 Å². The molecule has 0 amide bonds. The highest BCUT2D eigenvalue weighted by Crippen LogP contribution is 2.25. The van der Waals surface area contributed by atoms with Gasteiger partial charge >= 0.3 is 0 Å². The average Bonchev–Trinajstić information content (AvgIpc) is 2.81. The van der Waals surface area contributed by atoms with Gasteiger partial charge in [-0.1, -0.05) is 30.3 Å². The van der Waals surface area contributed by atoms with Crippen molar-refractivity contribution in [2.24, 2.45) is 0 Å². The molecule has 0 saturated heterocycles. The van der Waals surface area contributed by atoms with Crippen molar-refractivity contribution >= 4 is 21.0 Å². The summed E-state index contributed by atoms with van der Waals surface area (Å²) in [4.78, 5) is -0.101. The van der Waals surface area contributed by atoms with E-state index in [1.807, 2.05) is 30.3 Å². The van der Waals surface area contributed by atoms with Gasteiger partial charge in [-0.15, -0.1) is 0 Å². The number of aromatic nitrogens is 1. The SMILES string of the molecule is O=S(=O)(O)c1ccccc1-n1ccc2ccccc21. The Morgan fingerprint density at radius 3 is 2.37 bits per heavy atom. The fourth-order valence-electron chi connectivity index (χ4n) is 2.17. The molecule has 0 bridgehead atoms. The van der Waals surface area contributed by atoms with Gasteiger partial charge in [0.2, 0.25) is 0 Å². The minimum atomic E-state index is -4.25. The van der Waals surface area contributed by atoms with E-state index in [2.05, 4.69) is 0 Å². The Morgan fingerprint density at radius 2 is 1.58 bits per heavy atom. The molecule has 0 spiro atoms. The standard InChI is InChI=1S/C14H11NO3S/c16-19(17,18)14-8-4-3-7-13(14)15-10-9-11-5-1-2-6-12(11)15/h1-10H,(H,16,17,18). The number of nitrogens with zero attached hydrogens (tertiary/aromatic N) is 1. The van der Waals surface area contributed by atoms with Crippen LogP contribution in [-0.4, -0.2) is 17.5 Å². The first-order chi connectivity index (χ1) is 9.07. The maximum atomic E-state index is 11.4. The summed E-state index contributed by atoms with van der Waals surface area (Å²) >= 11 is 0. The number of rotatable bonds is 2. The first-order valence-corrected chi connectivity index (χ1v) is 7.14. The molecular weight excluding hydrogens is 262 g/mol. The molecule has 1 aromatic heterocycles. The molecule has 1 N–H and O–H groups in total. The maximum Gasteiger partial charge on any atom is 0.296 e. The van der Waals surface area contributed by atoms with Gasteiger partial charge < -0.3 is 4.57 Å². The van der Waals surface area contributed by atoms with E-state index in [0.29, 0.717) is 5.69 Å². The summed E-state index contributed by atoms with van der Waals surface area (Å²) in [5.41, 5.74) is 1.32. The molecule has 0 aliphatic carbocycles. The molecule has 3 aromatic rings. The van der Waals surface area contributed by atoms with Crippen molar-refractivity contribution in [1.29, 1.82) is 0 Å². The van der Waals surface area contributed by atoms with Gasteiger partial charge in [-0.2, -0.15) is 8.42 Å². The monoisotopic (exact) mass is 273 g/mol. The normalized spacial score (nSPS) is 11.8. The van der Waals surface area contributed by atoms with Crippen LogP contribution in [0.15, 0.2) is 65.7 Å². The largest absolute Gasteiger partial charge is 0.315 e. The van der Waals surface area contributed by atoms with Crippen LogP contribution in [0.4, 0.5) is 0 Å². The Balaban J connectivity index is 2.34. The Morgan fingerprint density at radius 1 is 0.895 bits per heavy atom. The Hall–Kier alpha value is -2.11. The van der Waals surface area contributed by atoms with Crippen molar-refractivity contribution in [1.82, 2.24) is 4.57 Å². The zero-order valence-electron chi connectivity index (χ0n) is 9.89. The highest BCUT2D eigenvalue weighted by molar-refractivity contribution is 7.86. The van der Waals surface area contributed by atoms with Crippen LogP contribution in [0, 0.1) is 0 Å². The molecule has 0 saturated carbocycles. The van der Waals surface area contributed by atoms with Crippen LogP contribution in [0.1, 0.15) is 0 Å². The lowest BCUT2D eigenvalue weighted by atomic mass is 10.2. The van der Waals surface area contributed by atoms with Crippen molar-refractivity contribution in [2.45, 2.75) is 4.90 Å². The van der Waals surface area contributed by atoms with Crippen molar-refractivity contribution < 1.29 is 13.0 Å². The molecule has 19 heavy (non-hydrogen) atoms. The lowest BCUT2D eigenvalue weighted by molar-refractivity contribution is 0.483. The Labute approximate surface area is 110 Å². The molecule has 0 unspecified atom stereocenters. The third-order valence-electron chi connectivity index (χ3n) is 3.00. The molecular formula is C14H11NO3S. The summed E-state index contributed by atoms with van der Waals surface area (Å²) in [5.74, 6) is 0. The molecule has 0 atom stereocenters. The van der Waals surface area contributed by atoms with Crippen molar-refractivity contribution in [3.8, 4) is 5.69 Å². The van der Waals surface area contributed by atoms with Gasteiger partial charge in [-0.05, 0) is 29.7 Å². The van der Waals surface area contributed by atoms with Gasteiger partial charge in [0.1, 0.15) is 4.90 Å². The van der Waals surface area contributed by atoms with Crippen molar-refractivity contribution in [3.63, 3.8) is 0 Å². The van der Waals surface area contributed by atoms with E-state index in [1.54, 1.807) is 29.0 Å². The predicted molar refractivity (Wildman–Crippen MR) is 73.1 cm³/mol. The first kappa shape index (κ1) is 12.0. The minimum Gasteiger partial charge on any atom is -0.315 e. The van der Waals surface area contributed by atoms with Gasteiger partial charge in [0, 0.05) is 6.20 Å². The van der Waals surface area contributed by atoms with E-state index in [-0.39, 0.29) is 4.90 Å². The topological polar surface area (TPSA) is 59.3 Å². The van der Waals surface area contributed by atoms with E-state index in [0.717, 1.165) is 10.9 Å². The van der Waals surface area contributed by atoms with E-state index in [4.69, 9.17) is 0 Å². The molecule has 0 aliphatic heterocycles. The summed E-state index contributed by atoms with van der Waals surface area (Å²) in [6, 6.07) is 15.9. The van der Waals surface area contributed by atoms with Gasteiger partial charge in [-0.3, -0.25) is 4.55 Å². The Kier molecular flexibility index (Phi) is 2.66. The second-order valence-electron chi connectivity index (χ2n) is 4.19. The van der Waals surface area contributed by atoms with E-state index in [1.165, 1.54) is 6.07 Å². The molecule has 2 aromatic carbocycles. The number of para-hydroxylation sites is 2. The van der Waals surface area contributed by atoms with Crippen LogP contribution < -0.4 is 0 Å². The van der Waals surface area contributed by atoms with Crippen LogP contribution >= 0.6 is 0 Å². The second-order valence-corrected chi connectivity index (χ2v) is 5.58. The minimum absolute atomic E-state index is 0.101. The van der Waals surface area contributed by atoms with Gasteiger partial charge in [0.15, 0.2) is 0 Å². The maximum absolute atomic E-state index is 11.4. The quantitative estimate of drug-likeness (QED) is 0.730. The van der Waals surface area contributed by atoms with Crippen LogP contribution in [0.3, 0.4) is 0 Å². The Bertz CT molecular complexity index is 850. The highest BCUT2D eigenvalue weighted by atomic mass is 32.2. The zero-order valence-corrected chi connectivity index (χ0v) is 10.7. The molecule has 0 fully saturated rings. The molecule has 5 heteroatoms. The van der Waals surface area contributed by atoms with Crippen LogP contribution in [0.2, 0.25) is 0 Å². The summed E-state index contributed by atoms with van der Waals surface area (Å²) in [6.07, 6.45) is 1.79. The first-order valence-electron chi connectivity index (χ1n) is 5.70. The third kappa shape index (κ3) is 2.03. The van der Waals surface area contributed by atoms with Crippen LogP contribution in [0.25, 0.3) is 16.6 Å². The fourth-order valence-corrected chi connectivity index (χ4v) is 2.85. The molecule has 96 valence electrons. The predicted octanol–water partition coefficient (Wildman–Crippen LogP) is 2.88. The molecule has 4 nitrogen and oxygen atoms in total. The van der Waals surface area contributed by atoms with Gasteiger partial charge in [-0.25, -0.2) is 0 Å². The number of fused-ring (bicyclic) bond motifs is 1. The lowest BCUT2D eigenvalue weighted by Gasteiger charge is -2.09. The fraction of sp³-hybridized carbons (Fsp3) is 0. The van der Waals surface area contributed by atoms with Crippen LogP contribution in [-0.2, 0) is 10.1 Å². The van der Waals surface area contributed by atoms with Crippen molar-refractivity contribution in [2.75, 3.05) is 0 Å². The van der Waals surface area contributed by atoms with E-state index in [9.17, 15) is 13.0 Å². The van der Waals surface area contributed by atoms with E-state index >= 15 is 0 Å². The summed E-state index contributed by atoms with van der Waals surface area (Å²) < 4.78 is 33.9. The molecule has 0 aliphatic rings. The zero-order chi connectivity index (χ0) is 13.5. The molecule has 3 rings (SSSR count). The second kappa shape index (κ2) is 4.22. The average molecular weight is 273 g/mol. The number of hydrogen-bond acceptors (Lipinski definition) is 2. The summed E-state index contributed by atoms with van der Waals surface area (Å²) in [6.45, 7) is 0. The van der Waals surface area contributed by atoms with E-state index < -0.39 is 10.1 Å². The third-order valence-corrected chi connectivity index (χ3v) is 3.90. The molecule has 0 radical (unpaired) electrons. The number of benzene rings is 2. The molecule has 1 heterocycles. The highest BCUT2D eigenvalue weighted by Gasteiger charge is 2.16. The summed E-state index contributed by atoms with van der Waals surface area (Å²) in [5, 5.41) is 1.01. The number of hydrogen-bond donors (Lipinski definition) is 1. The van der Waals surface area contributed by atoms with Crippen LogP contribution in [0.5, 0.6) is 0 Å². The summed E-state index contributed by atoms with van der Waals surface area (Å²) in [7, 11) is -4.25. The van der Waals surface area contributed by atoms with Gasteiger partial charge in [0.25, 0.3) is 10.1 Å². The smallest absolute Gasteiger partial charge is 0.296 e. The van der Waals surface area contributed by atoms with Crippen molar-refractivity contribution in [3.05, 3.63) is 60.8 Å². The lowest BCUT2D eigenvalue weighted by Crippen LogP contribution is -2.04.